The number of carbonyl (C=O) groups excluding carboxylic acids is 1. The van der Waals surface area contributed by atoms with Crippen LogP contribution in [0, 0.1) is 0 Å². The standard InChI is InChI=1S/C23H30N2O4S/c1-23(2,3)17-8-14-20(15-9-17)30(27,28)25-16-6-5-7-21(25)22(26)24-18-10-12-19(29-4)13-11-18/h8-15,21H,5-7,16H2,1-4H3,(H,24,26). The van der Waals surface area contributed by atoms with Gasteiger partial charge in [-0.2, -0.15) is 4.31 Å². The first-order valence-electron chi connectivity index (χ1n) is 10.2. The Hall–Kier alpha value is -2.38. The summed E-state index contributed by atoms with van der Waals surface area (Å²) < 4.78 is 33.1. The Bertz CT molecular complexity index is 977. The van der Waals surface area contributed by atoms with E-state index in [1.807, 2.05) is 12.1 Å². The number of anilines is 1. The third-order valence-electron chi connectivity index (χ3n) is 5.44. The van der Waals surface area contributed by atoms with Crippen molar-refractivity contribution in [3.63, 3.8) is 0 Å². The van der Waals surface area contributed by atoms with Crippen molar-refractivity contribution in [2.75, 3.05) is 19.0 Å². The van der Waals surface area contributed by atoms with Crippen molar-refractivity contribution in [1.82, 2.24) is 4.31 Å². The molecule has 0 aromatic heterocycles. The molecule has 0 bridgehead atoms. The Labute approximate surface area is 179 Å². The number of nitrogens with one attached hydrogen (secondary N) is 1. The maximum Gasteiger partial charge on any atom is 0.243 e. The molecule has 2 aromatic carbocycles. The number of ether oxygens (including phenoxy) is 1. The molecule has 7 heteroatoms. The average Bonchev–Trinajstić information content (AvgIpc) is 2.73. The molecule has 3 rings (SSSR count). The molecule has 1 atom stereocenters. The third kappa shape index (κ3) is 4.84. The lowest BCUT2D eigenvalue weighted by Gasteiger charge is -2.33. The second kappa shape index (κ2) is 8.78. The number of amides is 1. The SMILES string of the molecule is COc1ccc(NC(=O)C2CCCCN2S(=O)(=O)c2ccc(C(C)(C)C)cc2)cc1. The minimum atomic E-state index is -3.77. The molecule has 1 amide bonds. The average molecular weight is 431 g/mol. The zero-order chi connectivity index (χ0) is 21.9. The molecule has 1 unspecified atom stereocenters. The quantitative estimate of drug-likeness (QED) is 0.772. The van der Waals surface area contributed by atoms with Gasteiger partial charge in [0.2, 0.25) is 15.9 Å². The van der Waals surface area contributed by atoms with Gasteiger partial charge in [0, 0.05) is 12.2 Å². The molecule has 6 nitrogen and oxygen atoms in total. The summed E-state index contributed by atoms with van der Waals surface area (Å²) in [5.74, 6) is 0.378. The van der Waals surface area contributed by atoms with Gasteiger partial charge >= 0.3 is 0 Å². The number of carbonyl (C=O) groups is 1. The van der Waals surface area contributed by atoms with E-state index in [-0.39, 0.29) is 16.2 Å². The van der Waals surface area contributed by atoms with Crippen molar-refractivity contribution in [3.05, 3.63) is 54.1 Å². The molecule has 1 N–H and O–H groups in total. The summed E-state index contributed by atoms with van der Waals surface area (Å²) >= 11 is 0. The number of hydrogen-bond acceptors (Lipinski definition) is 4. The second-order valence-corrected chi connectivity index (χ2v) is 10.5. The summed E-state index contributed by atoms with van der Waals surface area (Å²) in [5.41, 5.74) is 1.61. The van der Waals surface area contributed by atoms with E-state index in [0.29, 0.717) is 24.4 Å². The summed E-state index contributed by atoms with van der Waals surface area (Å²) in [6, 6.07) is 13.2. The molecule has 0 saturated carbocycles. The van der Waals surface area contributed by atoms with Gasteiger partial charge in [0.1, 0.15) is 11.8 Å². The molecule has 1 fully saturated rings. The van der Waals surface area contributed by atoms with Crippen LogP contribution in [0.1, 0.15) is 45.6 Å². The minimum absolute atomic E-state index is 0.0613. The Morgan fingerprint density at radius 3 is 2.23 bits per heavy atom. The first-order chi connectivity index (χ1) is 14.1. The number of piperidine rings is 1. The number of sulfonamides is 1. The smallest absolute Gasteiger partial charge is 0.243 e. The van der Waals surface area contributed by atoms with Gasteiger partial charge in [-0.05, 0) is 60.2 Å². The third-order valence-corrected chi connectivity index (χ3v) is 7.36. The van der Waals surface area contributed by atoms with Crippen molar-refractivity contribution < 1.29 is 17.9 Å². The van der Waals surface area contributed by atoms with Crippen molar-refractivity contribution in [3.8, 4) is 5.75 Å². The summed E-state index contributed by atoms with van der Waals surface area (Å²) in [6.45, 7) is 6.59. The van der Waals surface area contributed by atoms with E-state index < -0.39 is 16.1 Å². The van der Waals surface area contributed by atoms with Gasteiger partial charge in [0.05, 0.1) is 12.0 Å². The lowest BCUT2D eigenvalue weighted by atomic mass is 9.87. The Morgan fingerprint density at radius 1 is 1.03 bits per heavy atom. The highest BCUT2D eigenvalue weighted by molar-refractivity contribution is 7.89. The molecule has 0 radical (unpaired) electrons. The number of rotatable bonds is 5. The molecule has 0 aliphatic carbocycles. The fourth-order valence-corrected chi connectivity index (χ4v) is 5.27. The van der Waals surface area contributed by atoms with Gasteiger partial charge < -0.3 is 10.1 Å². The van der Waals surface area contributed by atoms with Gasteiger partial charge in [0.25, 0.3) is 0 Å². The summed E-state index contributed by atoms with van der Waals surface area (Å²) in [4.78, 5) is 13.2. The second-order valence-electron chi connectivity index (χ2n) is 8.62. The maximum atomic E-state index is 13.3. The highest BCUT2D eigenvalue weighted by atomic mass is 32.2. The molecular weight excluding hydrogens is 400 g/mol. The van der Waals surface area contributed by atoms with E-state index in [2.05, 4.69) is 26.1 Å². The normalized spacial score (nSPS) is 18.1. The van der Waals surface area contributed by atoms with Crippen LogP contribution in [0.2, 0.25) is 0 Å². The van der Waals surface area contributed by atoms with Gasteiger partial charge in [-0.3, -0.25) is 4.79 Å². The van der Waals surface area contributed by atoms with Crippen molar-refractivity contribution >= 4 is 21.6 Å². The zero-order valence-electron chi connectivity index (χ0n) is 18.0. The van der Waals surface area contributed by atoms with Crippen molar-refractivity contribution in [2.45, 2.75) is 56.4 Å². The largest absolute Gasteiger partial charge is 0.497 e. The molecule has 1 heterocycles. The molecule has 30 heavy (non-hydrogen) atoms. The summed E-state index contributed by atoms with van der Waals surface area (Å²) in [7, 11) is -2.19. The van der Waals surface area contributed by atoms with E-state index in [4.69, 9.17) is 4.74 Å². The van der Waals surface area contributed by atoms with Crippen LogP contribution in [0.5, 0.6) is 5.75 Å². The molecule has 0 spiro atoms. The fourth-order valence-electron chi connectivity index (χ4n) is 3.62. The molecule has 1 aliphatic rings. The number of hydrogen-bond donors (Lipinski definition) is 1. The lowest BCUT2D eigenvalue weighted by Crippen LogP contribution is -2.49. The zero-order valence-corrected chi connectivity index (χ0v) is 18.8. The monoisotopic (exact) mass is 430 g/mol. The first-order valence-corrected chi connectivity index (χ1v) is 11.6. The lowest BCUT2D eigenvalue weighted by molar-refractivity contribution is -0.120. The van der Waals surface area contributed by atoms with Gasteiger partial charge in [-0.25, -0.2) is 8.42 Å². The van der Waals surface area contributed by atoms with Crippen molar-refractivity contribution in [2.24, 2.45) is 0 Å². The maximum absolute atomic E-state index is 13.3. The summed E-state index contributed by atoms with van der Waals surface area (Å²) in [5, 5.41) is 2.84. The highest BCUT2D eigenvalue weighted by Gasteiger charge is 2.37. The van der Waals surface area contributed by atoms with Gasteiger partial charge in [-0.1, -0.05) is 39.3 Å². The van der Waals surface area contributed by atoms with Crippen molar-refractivity contribution in [1.29, 1.82) is 0 Å². The van der Waals surface area contributed by atoms with Crippen LogP contribution in [0.4, 0.5) is 5.69 Å². The summed E-state index contributed by atoms with van der Waals surface area (Å²) in [6.07, 6.45) is 2.06. The number of methoxy groups -OCH3 is 1. The van der Waals surface area contributed by atoms with E-state index in [1.165, 1.54) is 4.31 Å². The van der Waals surface area contributed by atoms with Crippen LogP contribution in [0.25, 0.3) is 0 Å². The Morgan fingerprint density at radius 2 is 1.67 bits per heavy atom. The van der Waals surface area contributed by atoms with E-state index in [9.17, 15) is 13.2 Å². The van der Waals surface area contributed by atoms with Crippen LogP contribution in [0.3, 0.4) is 0 Å². The topological polar surface area (TPSA) is 75.7 Å². The predicted octanol–water partition coefficient (Wildman–Crippen LogP) is 4.17. The van der Waals surface area contributed by atoms with Gasteiger partial charge in [-0.15, -0.1) is 0 Å². The van der Waals surface area contributed by atoms with Crippen LogP contribution in [-0.4, -0.2) is 38.3 Å². The molecule has 2 aromatic rings. The predicted molar refractivity (Wildman–Crippen MR) is 118 cm³/mol. The number of benzene rings is 2. The van der Waals surface area contributed by atoms with Crippen LogP contribution in [-0.2, 0) is 20.2 Å². The van der Waals surface area contributed by atoms with E-state index >= 15 is 0 Å². The van der Waals surface area contributed by atoms with E-state index in [0.717, 1.165) is 18.4 Å². The molecule has 1 saturated heterocycles. The molecular formula is C23H30N2O4S. The number of nitrogens with zero attached hydrogens (tertiary/aromatic N) is 1. The molecule has 162 valence electrons. The van der Waals surface area contributed by atoms with Crippen LogP contribution in [0.15, 0.2) is 53.4 Å². The highest BCUT2D eigenvalue weighted by Crippen LogP contribution is 2.29. The Kier molecular flexibility index (Phi) is 6.53. The van der Waals surface area contributed by atoms with Crippen LogP contribution < -0.4 is 10.1 Å². The fraction of sp³-hybridized carbons (Fsp3) is 0.435. The first kappa shape index (κ1) is 22.3. The Balaban J connectivity index is 1.82. The van der Waals surface area contributed by atoms with E-state index in [1.54, 1.807) is 43.5 Å². The van der Waals surface area contributed by atoms with Crippen LogP contribution >= 0.6 is 0 Å². The molecule has 1 aliphatic heterocycles. The van der Waals surface area contributed by atoms with Gasteiger partial charge in [0.15, 0.2) is 0 Å². The minimum Gasteiger partial charge on any atom is -0.497 e.